The molecule has 6 nitrogen and oxygen atoms in total. The Labute approximate surface area is 173 Å². The van der Waals surface area contributed by atoms with Crippen molar-refractivity contribution in [3.63, 3.8) is 0 Å². The van der Waals surface area contributed by atoms with Gasteiger partial charge in [-0.05, 0) is 60.0 Å². The number of nitrogens with one attached hydrogen (secondary N) is 1. The third kappa shape index (κ3) is 4.55. The molecule has 1 N–H and O–H groups in total. The van der Waals surface area contributed by atoms with Crippen molar-refractivity contribution in [3.05, 3.63) is 83.1 Å². The second-order valence-corrected chi connectivity index (χ2v) is 7.09. The summed E-state index contributed by atoms with van der Waals surface area (Å²) in [6, 6.07) is 16.6. The van der Waals surface area contributed by atoms with E-state index in [-0.39, 0.29) is 25.0 Å². The van der Waals surface area contributed by atoms with Gasteiger partial charge in [-0.3, -0.25) is 19.5 Å². The number of pyridine rings is 1. The predicted octanol–water partition coefficient (Wildman–Crippen LogP) is 3.69. The Morgan fingerprint density at radius 2 is 1.79 bits per heavy atom. The highest BCUT2D eigenvalue weighted by Gasteiger charge is 2.27. The van der Waals surface area contributed by atoms with Crippen LogP contribution in [0.2, 0.25) is 5.02 Å². The van der Waals surface area contributed by atoms with Crippen LogP contribution < -0.4 is 15.0 Å². The van der Waals surface area contributed by atoms with Crippen LogP contribution in [-0.2, 0) is 16.0 Å². The van der Waals surface area contributed by atoms with Crippen LogP contribution in [0.4, 0.5) is 11.4 Å². The quantitative estimate of drug-likeness (QED) is 0.700. The minimum Gasteiger partial charge on any atom is -0.482 e. The van der Waals surface area contributed by atoms with Crippen LogP contribution in [0.25, 0.3) is 0 Å². The molecule has 0 atom stereocenters. The van der Waals surface area contributed by atoms with E-state index in [0.717, 1.165) is 12.0 Å². The third-order valence-electron chi connectivity index (χ3n) is 4.56. The largest absolute Gasteiger partial charge is 0.482 e. The zero-order valence-electron chi connectivity index (χ0n) is 15.5. The molecule has 1 aliphatic rings. The summed E-state index contributed by atoms with van der Waals surface area (Å²) in [5.74, 6) is -0.0575. The molecule has 0 spiro atoms. The van der Waals surface area contributed by atoms with Crippen LogP contribution in [0.1, 0.15) is 11.1 Å². The van der Waals surface area contributed by atoms with E-state index in [4.69, 9.17) is 16.3 Å². The van der Waals surface area contributed by atoms with Gasteiger partial charge in [0.25, 0.3) is 5.91 Å². The van der Waals surface area contributed by atoms with Gasteiger partial charge in [-0.2, -0.15) is 0 Å². The average Bonchev–Trinajstić information content (AvgIpc) is 2.72. The number of benzene rings is 2. The molecule has 0 unspecified atom stereocenters. The summed E-state index contributed by atoms with van der Waals surface area (Å²) >= 11 is 6.03. The van der Waals surface area contributed by atoms with Gasteiger partial charge in [0.1, 0.15) is 12.3 Å². The Balaban J connectivity index is 1.41. The number of halogens is 1. The second kappa shape index (κ2) is 8.32. The highest BCUT2D eigenvalue weighted by molar-refractivity contribution is 6.31. The lowest BCUT2D eigenvalue weighted by atomic mass is 10.1. The average molecular weight is 408 g/mol. The van der Waals surface area contributed by atoms with Crippen molar-refractivity contribution >= 4 is 34.8 Å². The lowest BCUT2D eigenvalue weighted by molar-refractivity contribution is -0.123. The molecule has 0 aliphatic carbocycles. The Hall–Kier alpha value is -3.38. The number of amides is 2. The van der Waals surface area contributed by atoms with Gasteiger partial charge in [0.2, 0.25) is 5.91 Å². The van der Waals surface area contributed by atoms with Gasteiger partial charge < -0.3 is 10.1 Å². The minimum atomic E-state index is -0.298. The first kappa shape index (κ1) is 19.0. The zero-order chi connectivity index (χ0) is 20.2. The van der Waals surface area contributed by atoms with Crippen molar-refractivity contribution in [3.8, 4) is 5.75 Å². The third-order valence-corrected chi connectivity index (χ3v) is 4.80. The van der Waals surface area contributed by atoms with E-state index in [1.54, 1.807) is 30.6 Å². The van der Waals surface area contributed by atoms with Crippen LogP contribution in [0, 0.1) is 0 Å². The summed E-state index contributed by atoms with van der Waals surface area (Å²) in [7, 11) is 0. The Kier molecular flexibility index (Phi) is 5.44. The van der Waals surface area contributed by atoms with Crippen LogP contribution in [-0.4, -0.2) is 29.9 Å². The lowest BCUT2D eigenvalue weighted by Gasteiger charge is -2.29. The standard InChI is InChI=1S/C22H18ClN3O3/c23-17-3-6-20-19(12-17)26(22(28)14-29-20)13-21(27)25-18-4-1-15(2-5-18)11-16-7-9-24-10-8-16/h1-10,12H,11,13-14H2,(H,25,27). The number of aromatic nitrogens is 1. The maximum Gasteiger partial charge on any atom is 0.265 e. The summed E-state index contributed by atoms with van der Waals surface area (Å²) in [6.45, 7) is -0.222. The first-order valence-electron chi connectivity index (χ1n) is 9.09. The lowest BCUT2D eigenvalue weighted by Crippen LogP contribution is -2.43. The second-order valence-electron chi connectivity index (χ2n) is 6.66. The van der Waals surface area contributed by atoms with E-state index in [1.165, 1.54) is 10.5 Å². The molecule has 1 aromatic heterocycles. The van der Waals surface area contributed by atoms with Crippen molar-refractivity contribution in [1.29, 1.82) is 0 Å². The number of hydrogen-bond acceptors (Lipinski definition) is 4. The normalized spacial score (nSPS) is 12.9. The number of ether oxygens (including phenoxy) is 1. The number of rotatable bonds is 5. The van der Waals surface area contributed by atoms with Gasteiger partial charge in [0, 0.05) is 23.1 Å². The van der Waals surface area contributed by atoms with Gasteiger partial charge in [0.15, 0.2) is 6.61 Å². The molecule has 7 heteroatoms. The summed E-state index contributed by atoms with van der Waals surface area (Å²) in [4.78, 5) is 30.2. The minimum absolute atomic E-state index is 0.106. The molecule has 0 fully saturated rings. The number of carbonyl (C=O) groups excluding carboxylic acids is 2. The summed E-state index contributed by atoms with van der Waals surface area (Å²) in [6.07, 6.45) is 4.32. The van der Waals surface area contributed by atoms with Gasteiger partial charge in [-0.25, -0.2) is 0 Å². The maximum atomic E-state index is 12.5. The molecule has 2 amide bonds. The number of anilines is 2. The molecule has 2 heterocycles. The molecule has 0 saturated carbocycles. The van der Waals surface area contributed by atoms with E-state index < -0.39 is 0 Å². The highest BCUT2D eigenvalue weighted by atomic mass is 35.5. The van der Waals surface area contributed by atoms with Gasteiger partial charge in [-0.15, -0.1) is 0 Å². The molecular weight excluding hydrogens is 390 g/mol. The smallest absolute Gasteiger partial charge is 0.265 e. The van der Waals surface area contributed by atoms with Gasteiger partial charge in [0.05, 0.1) is 5.69 Å². The molecular formula is C22H18ClN3O3. The Bertz CT molecular complexity index is 1040. The Morgan fingerprint density at radius 3 is 2.55 bits per heavy atom. The molecule has 0 radical (unpaired) electrons. The van der Waals surface area contributed by atoms with Crippen molar-refractivity contribution in [2.45, 2.75) is 6.42 Å². The molecule has 0 bridgehead atoms. The SMILES string of the molecule is O=C(CN1C(=O)COc2ccc(Cl)cc21)Nc1ccc(Cc2ccncc2)cc1. The molecule has 3 aromatic rings. The highest BCUT2D eigenvalue weighted by Crippen LogP contribution is 2.34. The fraction of sp³-hybridized carbons (Fsp3) is 0.136. The van der Waals surface area contributed by atoms with E-state index in [1.807, 2.05) is 36.4 Å². The van der Waals surface area contributed by atoms with Crippen molar-refractivity contribution in [1.82, 2.24) is 4.98 Å². The number of carbonyl (C=O) groups is 2. The van der Waals surface area contributed by atoms with E-state index in [9.17, 15) is 9.59 Å². The monoisotopic (exact) mass is 407 g/mol. The van der Waals surface area contributed by atoms with E-state index >= 15 is 0 Å². The molecule has 4 rings (SSSR count). The van der Waals surface area contributed by atoms with Gasteiger partial charge >= 0.3 is 0 Å². The van der Waals surface area contributed by atoms with Gasteiger partial charge in [-0.1, -0.05) is 23.7 Å². The molecule has 2 aromatic carbocycles. The van der Waals surface area contributed by atoms with Crippen LogP contribution in [0.3, 0.4) is 0 Å². The number of hydrogen-bond donors (Lipinski definition) is 1. The zero-order valence-corrected chi connectivity index (χ0v) is 16.2. The maximum absolute atomic E-state index is 12.5. The van der Waals surface area contributed by atoms with Crippen LogP contribution in [0.5, 0.6) is 5.75 Å². The summed E-state index contributed by atoms with van der Waals surface area (Å²) in [5, 5.41) is 3.30. The number of fused-ring (bicyclic) bond motifs is 1. The van der Waals surface area contributed by atoms with Crippen molar-refractivity contribution < 1.29 is 14.3 Å². The molecule has 29 heavy (non-hydrogen) atoms. The van der Waals surface area contributed by atoms with E-state index in [0.29, 0.717) is 22.1 Å². The van der Waals surface area contributed by atoms with Crippen LogP contribution in [0.15, 0.2) is 67.0 Å². The first-order chi connectivity index (χ1) is 14.1. The number of nitrogens with zero attached hydrogens (tertiary/aromatic N) is 2. The molecule has 0 saturated heterocycles. The van der Waals surface area contributed by atoms with Crippen molar-refractivity contribution in [2.75, 3.05) is 23.4 Å². The van der Waals surface area contributed by atoms with E-state index in [2.05, 4.69) is 10.3 Å². The summed E-state index contributed by atoms with van der Waals surface area (Å²) in [5.41, 5.74) is 3.46. The fourth-order valence-corrected chi connectivity index (χ4v) is 3.30. The summed E-state index contributed by atoms with van der Waals surface area (Å²) < 4.78 is 5.40. The topological polar surface area (TPSA) is 71.5 Å². The Morgan fingerprint density at radius 1 is 1.07 bits per heavy atom. The predicted molar refractivity (Wildman–Crippen MR) is 111 cm³/mol. The van der Waals surface area contributed by atoms with Crippen molar-refractivity contribution in [2.24, 2.45) is 0 Å². The molecule has 1 aliphatic heterocycles. The first-order valence-corrected chi connectivity index (χ1v) is 9.47. The van der Waals surface area contributed by atoms with Crippen LogP contribution >= 0.6 is 11.6 Å². The fourth-order valence-electron chi connectivity index (χ4n) is 3.14. The molecule has 146 valence electrons.